The summed E-state index contributed by atoms with van der Waals surface area (Å²) in [5, 5.41) is 3.31. The smallest absolute Gasteiger partial charge is 0.271 e. The van der Waals surface area contributed by atoms with Gasteiger partial charge in [-0.15, -0.1) is 0 Å². The lowest BCUT2D eigenvalue weighted by Crippen LogP contribution is -2.65. The summed E-state index contributed by atoms with van der Waals surface area (Å²) in [6.07, 6.45) is 7.72. The number of amides is 2. The fraction of sp³-hybridized carbons (Fsp3) is 0.520. The van der Waals surface area contributed by atoms with Crippen molar-refractivity contribution < 1.29 is 9.59 Å². The summed E-state index contributed by atoms with van der Waals surface area (Å²) in [6.45, 7) is 5.05. The van der Waals surface area contributed by atoms with Gasteiger partial charge in [-0.2, -0.15) is 0 Å². The molecule has 30 heavy (non-hydrogen) atoms. The van der Waals surface area contributed by atoms with Crippen LogP contribution >= 0.6 is 0 Å². The highest BCUT2D eigenvalue weighted by Crippen LogP contribution is 2.33. The monoisotopic (exact) mass is 407 g/mol. The first-order valence-corrected chi connectivity index (χ1v) is 11.4. The zero-order chi connectivity index (χ0) is 21.1. The maximum Gasteiger partial charge on any atom is 0.271 e. The second kappa shape index (κ2) is 8.66. The molecule has 1 saturated carbocycles. The first-order valence-electron chi connectivity index (χ1n) is 11.4. The van der Waals surface area contributed by atoms with Crippen LogP contribution in [0.25, 0.3) is 11.3 Å². The summed E-state index contributed by atoms with van der Waals surface area (Å²) in [5.74, 6) is -0.0710. The molecule has 1 aliphatic carbocycles. The lowest BCUT2D eigenvalue weighted by Gasteiger charge is -2.45. The maximum atomic E-state index is 13.6. The zero-order valence-electron chi connectivity index (χ0n) is 18.2. The minimum atomic E-state index is -0.894. The average molecular weight is 408 g/mol. The van der Waals surface area contributed by atoms with Crippen LogP contribution in [-0.4, -0.2) is 39.4 Å². The molecule has 0 spiro atoms. The first kappa shape index (κ1) is 20.7. The lowest BCUT2D eigenvalue weighted by atomic mass is 9.93. The predicted molar refractivity (Wildman–Crippen MR) is 119 cm³/mol. The van der Waals surface area contributed by atoms with Crippen molar-refractivity contribution in [3.63, 3.8) is 0 Å². The number of benzene rings is 1. The van der Waals surface area contributed by atoms with Gasteiger partial charge in [-0.1, -0.05) is 62.9 Å². The van der Waals surface area contributed by atoms with Crippen LogP contribution in [0.2, 0.25) is 0 Å². The Morgan fingerprint density at radius 3 is 2.37 bits per heavy atom. The Kier molecular flexibility index (Phi) is 5.98. The molecule has 0 bridgehead atoms. The summed E-state index contributed by atoms with van der Waals surface area (Å²) in [6, 6.07) is 14.2. The molecule has 1 N–H and O–H groups in total. The molecular formula is C25H33N3O2. The van der Waals surface area contributed by atoms with Gasteiger partial charge in [0, 0.05) is 18.3 Å². The predicted octanol–water partition coefficient (Wildman–Crippen LogP) is 4.62. The van der Waals surface area contributed by atoms with Crippen molar-refractivity contribution in [2.45, 2.75) is 76.9 Å². The Bertz CT molecular complexity index is 896. The lowest BCUT2D eigenvalue weighted by molar-refractivity contribution is -0.133. The minimum absolute atomic E-state index is 0.0189. The first-order chi connectivity index (χ1) is 14.5. The van der Waals surface area contributed by atoms with Crippen LogP contribution in [0.4, 0.5) is 0 Å². The molecule has 0 radical (unpaired) electrons. The van der Waals surface area contributed by atoms with Crippen molar-refractivity contribution in [1.29, 1.82) is 0 Å². The van der Waals surface area contributed by atoms with Gasteiger partial charge in [0.05, 0.1) is 6.54 Å². The van der Waals surface area contributed by atoms with E-state index in [-0.39, 0.29) is 17.9 Å². The van der Waals surface area contributed by atoms with E-state index in [1.807, 2.05) is 41.8 Å². The number of fused-ring (bicyclic) bond motifs is 1. The van der Waals surface area contributed by atoms with Crippen LogP contribution in [0.5, 0.6) is 0 Å². The molecule has 0 unspecified atom stereocenters. The number of carbonyl (C=O) groups is 2. The molecule has 2 aliphatic rings. The van der Waals surface area contributed by atoms with Gasteiger partial charge in [0.15, 0.2) is 0 Å². The van der Waals surface area contributed by atoms with Gasteiger partial charge in [-0.3, -0.25) is 9.59 Å². The molecule has 1 atom stereocenters. The van der Waals surface area contributed by atoms with Gasteiger partial charge in [0.2, 0.25) is 5.91 Å². The molecule has 2 heterocycles. The van der Waals surface area contributed by atoms with Gasteiger partial charge in [0.1, 0.15) is 11.2 Å². The summed E-state index contributed by atoms with van der Waals surface area (Å²) < 4.78 is 2.04. The second-order valence-corrected chi connectivity index (χ2v) is 8.95. The summed E-state index contributed by atoms with van der Waals surface area (Å²) >= 11 is 0. The summed E-state index contributed by atoms with van der Waals surface area (Å²) in [4.78, 5) is 28.8. The van der Waals surface area contributed by atoms with Crippen LogP contribution in [0.3, 0.4) is 0 Å². The molecule has 160 valence electrons. The van der Waals surface area contributed by atoms with Crippen LogP contribution < -0.4 is 5.32 Å². The zero-order valence-corrected chi connectivity index (χ0v) is 18.2. The highest BCUT2D eigenvalue weighted by Gasteiger charge is 2.47. The van der Waals surface area contributed by atoms with Crippen LogP contribution in [0.15, 0.2) is 42.5 Å². The summed E-state index contributed by atoms with van der Waals surface area (Å²) in [5.41, 5.74) is 1.83. The van der Waals surface area contributed by atoms with Crippen molar-refractivity contribution in [1.82, 2.24) is 14.8 Å². The molecule has 0 saturated heterocycles. The minimum Gasteiger partial charge on any atom is -0.351 e. The SMILES string of the molecule is CCCN1C(=O)c2ccc(-c3ccccc3)n2C[C@]1(C)C(=O)NC1CCCCCC1. The number of carbonyl (C=O) groups excluding carboxylic acids is 2. The molecule has 2 amide bonds. The maximum absolute atomic E-state index is 13.6. The summed E-state index contributed by atoms with van der Waals surface area (Å²) in [7, 11) is 0. The van der Waals surface area contributed by atoms with Crippen molar-refractivity contribution in [3.8, 4) is 11.3 Å². The molecule has 5 nitrogen and oxygen atoms in total. The van der Waals surface area contributed by atoms with Gasteiger partial charge < -0.3 is 14.8 Å². The van der Waals surface area contributed by atoms with E-state index >= 15 is 0 Å². The molecule has 1 aliphatic heterocycles. The third kappa shape index (κ3) is 3.78. The topological polar surface area (TPSA) is 54.3 Å². The highest BCUT2D eigenvalue weighted by atomic mass is 16.2. The van der Waals surface area contributed by atoms with Crippen LogP contribution in [0.1, 0.15) is 69.3 Å². The molecule has 5 heteroatoms. The molecular weight excluding hydrogens is 374 g/mol. The van der Waals surface area contributed by atoms with E-state index in [9.17, 15) is 9.59 Å². The van der Waals surface area contributed by atoms with E-state index in [1.165, 1.54) is 25.7 Å². The fourth-order valence-corrected chi connectivity index (χ4v) is 4.97. The van der Waals surface area contributed by atoms with Gasteiger partial charge in [-0.05, 0) is 43.9 Å². The standard InChI is InChI=1S/C25H33N3O2/c1-3-17-28-23(29)22-16-15-21(19-11-7-6-8-12-19)27(22)18-25(28,2)24(30)26-20-13-9-4-5-10-14-20/h6-8,11-12,15-16,20H,3-5,9-10,13-14,17-18H2,1-2H3,(H,26,30)/t25-/m1/s1. The largest absolute Gasteiger partial charge is 0.351 e. The van der Waals surface area contributed by atoms with Gasteiger partial charge in [0.25, 0.3) is 5.91 Å². The van der Waals surface area contributed by atoms with Crippen molar-refractivity contribution in [2.24, 2.45) is 0 Å². The number of rotatable bonds is 5. The van der Waals surface area contributed by atoms with Crippen molar-refractivity contribution in [3.05, 3.63) is 48.2 Å². The highest BCUT2D eigenvalue weighted by molar-refractivity contribution is 6.00. The number of nitrogens with one attached hydrogen (secondary N) is 1. The third-order valence-electron chi connectivity index (χ3n) is 6.70. The number of hydrogen-bond donors (Lipinski definition) is 1. The molecule has 1 aromatic carbocycles. The van der Waals surface area contributed by atoms with Crippen molar-refractivity contribution in [2.75, 3.05) is 6.54 Å². The molecule has 1 aromatic heterocycles. The Labute approximate surface area is 179 Å². The molecule has 2 aromatic rings. The number of hydrogen-bond acceptors (Lipinski definition) is 2. The second-order valence-electron chi connectivity index (χ2n) is 8.95. The third-order valence-corrected chi connectivity index (χ3v) is 6.70. The normalized spacial score (nSPS) is 22.5. The van der Waals surface area contributed by atoms with E-state index in [2.05, 4.69) is 24.4 Å². The Morgan fingerprint density at radius 1 is 1.03 bits per heavy atom. The average Bonchev–Trinajstić information content (AvgIpc) is 2.99. The van der Waals surface area contributed by atoms with E-state index < -0.39 is 5.54 Å². The van der Waals surface area contributed by atoms with Crippen LogP contribution in [0, 0.1) is 0 Å². The van der Waals surface area contributed by atoms with E-state index in [0.717, 1.165) is 30.5 Å². The Morgan fingerprint density at radius 2 is 1.70 bits per heavy atom. The van der Waals surface area contributed by atoms with Gasteiger partial charge in [-0.25, -0.2) is 0 Å². The number of aromatic nitrogens is 1. The number of nitrogens with zero attached hydrogens (tertiary/aromatic N) is 2. The van der Waals surface area contributed by atoms with Gasteiger partial charge >= 0.3 is 0 Å². The fourth-order valence-electron chi connectivity index (χ4n) is 4.97. The Balaban J connectivity index is 1.67. The molecule has 1 fully saturated rings. The van der Waals surface area contributed by atoms with Crippen molar-refractivity contribution >= 4 is 11.8 Å². The quantitative estimate of drug-likeness (QED) is 0.736. The molecule has 4 rings (SSSR count). The van der Waals surface area contributed by atoms with Crippen LogP contribution in [-0.2, 0) is 11.3 Å². The Hall–Kier alpha value is -2.56. The van der Waals surface area contributed by atoms with E-state index in [4.69, 9.17) is 0 Å². The van der Waals surface area contributed by atoms with E-state index in [0.29, 0.717) is 18.8 Å². The van der Waals surface area contributed by atoms with E-state index in [1.54, 1.807) is 4.90 Å².